The lowest BCUT2D eigenvalue weighted by Crippen LogP contribution is -2.13. The second-order valence-electron chi connectivity index (χ2n) is 3.78. The van der Waals surface area contributed by atoms with Crippen LogP contribution in [0, 0.1) is 3.57 Å². The Morgan fingerprint density at radius 2 is 1.94 bits per heavy atom. The summed E-state index contributed by atoms with van der Waals surface area (Å²) in [5.74, 6) is -0.172. The van der Waals surface area contributed by atoms with Crippen LogP contribution in [0.4, 0.5) is 5.69 Å². The number of anilines is 1. The lowest BCUT2D eigenvalue weighted by Gasteiger charge is -2.09. The highest BCUT2D eigenvalue weighted by molar-refractivity contribution is 14.1. The average Bonchev–Trinajstić information content (AvgIpc) is 2.39. The molecule has 3 nitrogen and oxygen atoms in total. The molecule has 2 N–H and O–H groups in total. The van der Waals surface area contributed by atoms with Gasteiger partial charge in [0, 0.05) is 20.4 Å². The van der Waals surface area contributed by atoms with Gasteiger partial charge in [-0.25, -0.2) is 0 Å². The molecule has 1 amide bonds. The van der Waals surface area contributed by atoms with Crippen molar-refractivity contribution in [1.29, 1.82) is 0 Å². The number of aliphatic hydroxyl groups is 1. The van der Waals surface area contributed by atoms with E-state index in [0.717, 1.165) is 3.57 Å². The summed E-state index contributed by atoms with van der Waals surface area (Å²) in [6, 6.07) is 14.6. The third kappa shape index (κ3) is 3.08. The van der Waals surface area contributed by atoms with Gasteiger partial charge in [-0.2, -0.15) is 0 Å². The predicted molar refractivity (Wildman–Crippen MR) is 79.5 cm³/mol. The van der Waals surface area contributed by atoms with Crippen molar-refractivity contribution in [1.82, 2.24) is 0 Å². The van der Waals surface area contributed by atoms with E-state index in [1.54, 1.807) is 18.2 Å². The third-order valence-electron chi connectivity index (χ3n) is 2.52. The molecule has 0 aliphatic carbocycles. The highest BCUT2D eigenvalue weighted by atomic mass is 127. The minimum Gasteiger partial charge on any atom is -0.392 e. The molecule has 0 bridgehead atoms. The van der Waals surface area contributed by atoms with Crippen LogP contribution in [0.5, 0.6) is 0 Å². The molecule has 2 aromatic carbocycles. The lowest BCUT2D eigenvalue weighted by atomic mass is 10.1. The van der Waals surface area contributed by atoms with Crippen LogP contribution in [0.2, 0.25) is 0 Å². The molecule has 0 aromatic heterocycles. The number of carbonyl (C=O) groups excluding carboxylic acids is 1. The first-order chi connectivity index (χ1) is 8.70. The molecule has 92 valence electrons. The summed E-state index contributed by atoms with van der Waals surface area (Å²) in [4.78, 5) is 12.0. The van der Waals surface area contributed by atoms with Gasteiger partial charge in [-0.1, -0.05) is 24.3 Å². The number of para-hydroxylation sites is 1. The number of amides is 1. The van der Waals surface area contributed by atoms with E-state index in [4.69, 9.17) is 0 Å². The Hall–Kier alpha value is -1.40. The SMILES string of the molecule is O=C(Nc1ccccc1CO)c1cccc(I)c1. The number of hydrogen-bond acceptors (Lipinski definition) is 2. The molecule has 0 heterocycles. The normalized spacial score (nSPS) is 10.1. The maximum atomic E-state index is 12.0. The monoisotopic (exact) mass is 353 g/mol. The summed E-state index contributed by atoms with van der Waals surface area (Å²) in [6.45, 7) is -0.0945. The number of nitrogens with one attached hydrogen (secondary N) is 1. The smallest absolute Gasteiger partial charge is 0.255 e. The maximum absolute atomic E-state index is 12.0. The van der Waals surface area contributed by atoms with E-state index in [2.05, 4.69) is 27.9 Å². The standard InChI is InChI=1S/C14H12INO2/c15-12-6-3-5-10(8-12)14(18)16-13-7-2-1-4-11(13)9-17/h1-8,17H,9H2,(H,16,18). The molecule has 18 heavy (non-hydrogen) atoms. The van der Waals surface area contributed by atoms with E-state index in [1.165, 1.54) is 0 Å². The molecule has 0 spiro atoms. The molecule has 0 unspecified atom stereocenters. The number of carbonyl (C=O) groups is 1. The summed E-state index contributed by atoms with van der Waals surface area (Å²) in [7, 11) is 0. The topological polar surface area (TPSA) is 49.3 Å². The van der Waals surface area contributed by atoms with Crippen molar-refractivity contribution in [3.8, 4) is 0 Å². The highest BCUT2D eigenvalue weighted by Crippen LogP contribution is 2.16. The first kappa shape index (κ1) is 13.0. The van der Waals surface area contributed by atoms with E-state index >= 15 is 0 Å². The molecule has 2 aromatic rings. The van der Waals surface area contributed by atoms with Crippen LogP contribution in [0.15, 0.2) is 48.5 Å². The largest absolute Gasteiger partial charge is 0.392 e. The quantitative estimate of drug-likeness (QED) is 0.834. The lowest BCUT2D eigenvalue weighted by molar-refractivity contribution is 0.102. The van der Waals surface area contributed by atoms with Gasteiger partial charge in [0.1, 0.15) is 0 Å². The fourth-order valence-electron chi connectivity index (χ4n) is 1.60. The van der Waals surface area contributed by atoms with E-state index < -0.39 is 0 Å². The molecule has 0 fully saturated rings. The molecule has 0 saturated carbocycles. The summed E-state index contributed by atoms with van der Waals surface area (Å²) in [5, 5.41) is 12.0. The van der Waals surface area contributed by atoms with Crippen molar-refractivity contribution in [2.75, 3.05) is 5.32 Å². The number of halogens is 1. The molecule has 0 aliphatic rings. The van der Waals surface area contributed by atoms with Crippen LogP contribution in [0.3, 0.4) is 0 Å². The summed E-state index contributed by atoms with van der Waals surface area (Å²) in [6.07, 6.45) is 0. The fourth-order valence-corrected chi connectivity index (χ4v) is 2.15. The zero-order valence-electron chi connectivity index (χ0n) is 9.56. The number of benzene rings is 2. The Morgan fingerprint density at radius 3 is 2.67 bits per heavy atom. The van der Waals surface area contributed by atoms with Gasteiger partial charge in [-0.3, -0.25) is 4.79 Å². The van der Waals surface area contributed by atoms with Gasteiger partial charge in [-0.05, 0) is 46.9 Å². The molecule has 0 aliphatic heterocycles. The van der Waals surface area contributed by atoms with Gasteiger partial charge in [0.2, 0.25) is 0 Å². The van der Waals surface area contributed by atoms with E-state index in [0.29, 0.717) is 16.8 Å². The Labute approximate surface area is 119 Å². The van der Waals surface area contributed by atoms with Gasteiger partial charge in [0.15, 0.2) is 0 Å². The number of hydrogen-bond donors (Lipinski definition) is 2. The van der Waals surface area contributed by atoms with E-state index in [9.17, 15) is 9.90 Å². The first-order valence-electron chi connectivity index (χ1n) is 5.46. The molecule has 0 atom stereocenters. The molecular weight excluding hydrogens is 341 g/mol. The van der Waals surface area contributed by atoms with E-state index in [-0.39, 0.29) is 12.5 Å². The Bertz CT molecular complexity index is 569. The van der Waals surface area contributed by atoms with Gasteiger partial charge >= 0.3 is 0 Å². The number of rotatable bonds is 3. The van der Waals surface area contributed by atoms with Crippen LogP contribution >= 0.6 is 22.6 Å². The van der Waals surface area contributed by atoms with Crippen molar-refractivity contribution >= 4 is 34.2 Å². The van der Waals surface area contributed by atoms with Crippen LogP contribution in [-0.4, -0.2) is 11.0 Å². The second-order valence-corrected chi connectivity index (χ2v) is 5.03. The molecular formula is C14H12INO2. The zero-order chi connectivity index (χ0) is 13.0. The van der Waals surface area contributed by atoms with Crippen molar-refractivity contribution in [2.45, 2.75) is 6.61 Å². The van der Waals surface area contributed by atoms with Gasteiger partial charge in [0.25, 0.3) is 5.91 Å². The fraction of sp³-hybridized carbons (Fsp3) is 0.0714. The van der Waals surface area contributed by atoms with Crippen molar-refractivity contribution in [2.24, 2.45) is 0 Å². The third-order valence-corrected chi connectivity index (χ3v) is 3.19. The molecule has 0 radical (unpaired) electrons. The van der Waals surface area contributed by atoms with Gasteiger partial charge < -0.3 is 10.4 Å². The van der Waals surface area contributed by atoms with Crippen LogP contribution < -0.4 is 5.32 Å². The van der Waals surface area contributed by atoms with Crippen molar-refractivity contribution in [3.63, 3.8) is 0 Å². The average molecular weight is 353 g/mol. The van der Waals surface area contributed by atoms with E-state index in [1.807, 2.05) is 30.3 Å². The highest BCUT2D eigenvalue weighted by Gasteiger charge is 2.08. The summed E-state index contributed by atoms with van der Waals surface area (Å²) < 4.78 is 1.01. The van der Waals surface area contributed by atoms with Crippen molar-refractivity contribution < 1.29 is 9.90 Å². The van der Waals surface area contributed by atoms with Gasteiger partial charge in [-0.15, -0.1) is 0 Å². The molecule has 2 rings (SSSR count). The number of aliphatic hydroxyl groups excluding tert-OH is 1. The minimum atomic E-state index is -0.172. The summed E-state index contributed by atoms with van der Waals surface area (Å²) >= 11 is 2.16. The van der Waals surface area contributed by atoms with Crippen molar-refractivity contribution in [3.05, 3.63) is 63.2 Å². The molecule has 0 saturated heterocycles. The van der Waals surface area contributed by atoms with Crippen LogP contribution in [0.25, 0.3) is 0 Å². The Balaban J connectivity index is 2.21. The van der Waals surface area contributed by atoms with Crippen LogP contribution in [0.1, 0.15) is 15.9 Å². The minimum absolute atomic E-state index is 0.0945. The zero-order valence-corrected chi connectivity index (χ0v) is 11.7. The second kappa shape index (κ2) is 5.97. The Kier molecular flexibility index (Phi) is 4.33. The van der Waals surface area contributed by atoms with Crippen LogP contribution in [-0.2, 0) is 6.61 Å². The summed E-state index contributed by atoms with van der Waals surface area (Å²) in [5.41, 5.74) is 1.95. The predicted octanol–water partition coefficient (Wildman–Crippen LogP) is 3.04. The first-order valence-corrected chi connectivity index (χ1v) is 6.54. The Morgan fingerprint density at radius 1 is 1.17 bits per heavy atom. The molecule has 4 heteroatoms. The van der Waals surface area contributed by atoms with Gasteiger partial charge in [0.05, 0.1) is 6.61 Å². The maximum Gasteiger partial charge on any atom is 0.255 e.